The molecule has 1 fully saturated rings. The third kappa shape index (κ3) is 3.33. The molecule has 1 aromatic rings. The van der Waals surface area contributed by atoms with Gasteiger partial charge in [0, 0.05) is 6.54 Å². The van der Waals surface area contributed by atoms with Crippen LogP contribution in [0, 0.1) is 5.92 Å². The maximum atomic E-state index is 12.8. The van der Waals surface area contributed by atoms with E-state index in [1.54, 1.807) is 6.07 Å². The molecule has 0 spiro atoms. The molecule has 0 aromatic heterocycles. The molecule has 5 heteroatoms. The zero-order valence-electron chi connectivity index (χ0n) is 11.7. The molecule has 2 nitrogen and oxygen atoms in total. The van der Waals surface area contributed by atoms with Gasteiger partial charge >= 0.3 is 6.18 Å². The summed E-state index contributed by atoms with van der Waals surface area (Å²) in [6.45, 7) is 0.642. The van der Waals surface area contributed by atoms with E-state index in [2.05, 4.69) is 0 Å². The molecule has 1 aliphatic rings. The van der Waals surface area contributed by atoms with Crippen LogP contribution in [0.1, 0.15) is 30.4 Å². The quantitative estimate of drug-likeness (QED) is 0.898. The normalized spacial score (nSPS) is 19.1. The Balaban J connectivity index is 2.30. The van der Waals surface area contributed by atoms with E-state index in [4.69, 9.17) is 0 Å². The molecule has 112 valence electrons. The Hall–Kier alpha value is -1.07. The number of nitrogens with zero attached hydrogens (tertiary/aromatic N) is 1. The SMILES string of the molecule is CN(C)CCC(O)(c1cccc(C(F)(F)F)c1)C1CC1. The highest BCUT2D eigenvalue weighted by molar-refractivity contribution is 5.31. The molecule has 1 saturated carbocycles. The van der Waals surface area contributed by atoms with E-state index in [1.165, 1.54) is 6.07 Å². The molecule has 1 unspecified atom stereocenters. The predicted molar refractivity (Wildman–Crippen MR) is 71.2 cm³/mol. The highest BCUT2D eigenvalue weighted by atomic mass is 19.4. The molecular weight excluding hydrogens is 267 g/mol. The van der Waals surface area contributed by atoms with E-state index < -0.39 is 17.3 Å². The van der Waals surface area contributed by atoms with Crippen LogP contribution >= 0.6 is 0 Å². The number of rotatable bonds is 5. The summed E-state index contributed by atoms with van der Waals surface area (Å²) in [4.78, 5) is 1.93. The lowest BCUT2D eigenvalue weighted by atomic mass is 9.84. The summed E-state index contributed by atoms with van der Waals surface area (Å²) in [6.07, 6.45) is -2.17. The van der Waals surface area contributed by atoms with E-state index in [9.17, 15) is 18.3 Å². The Kier molecular flexibility index (Phi) is 4.12. The van der Waals surface area contributed by atoms with Crippen molar-refractivity contribution in [1.29, 1.82) is 0 Å². The summed E-state index contributed by atoms with van der Waals surface area (Å²) in [5.41, 5.74) is -1.46. The maximum absolute atomic E-state index is 12.8. The van der Waals surface area contributed by atoms with E-state index in [0.29, 0.717) is 18.5 Å². The second-order valence-corrected chi connectivity index (χ2v) is 5.83. The van der Waals surface area contributed by atoms with Crippen LogP contribution in [-0.2, 0) is 11.8 Å². The number of aliphatic hydroxyl groups is 1. The molecule has 1 aliphatic carbocycles. The predicted octanol–water partition coefficient (Wildman–Crippen LogP) is 3.25. The maximum Gasteiger partial charge on any atom is 0.416 e. The van der Waals surface area contributed by atoms with Gasteiger partial charge in [0.15, 0.2) is 0 Å². The van der Waals surface area contributed by atoms with E-state index in [-0.39, 0.29) is 5.92 Å². The van der Waals surface area contributed by atoms with Gasteiger partial charge in [-0.1, -0.05) is 12.1 Å². The molecule has 1 aromatic carbocycles. The summed E-state index contributed by atoms with van der Waals surface area (Å²) in [5.74, 6) is 0.0749. The molecule has 0 saturated heterocycles. The van der Waals surface area contributed by atoms with Gasteiger partial charge in [0.2, 0.25) is 0 Å². The van der Waals surface area contributed by atoms with Crippen molar-refractivity contribution in [2.24, 2.45) is 5.92 Å². The van der Waals surface area contributed by atoms with Crippen LogP contribution in [0.3, 0.4) is 0 Å². The molecule has 0 aliphatic heterocycles. The number of hydrogen-bond donors (Lipinski definition) is 1. The standard InChI is InChI=1S/C15H20F3NO/c1-19(2)9-8-14(20,11-6-7-11)12-4-3-5-13(10-12)15(16,17)18/h3-5,10-11,20H,6-9H2,1-2H3. The topological polar surface area (TPSA) is 23.5 Å². The van der Waals surface area contributed by atoms with Gasteiger partial charge in [-0.2, -0.15) is 13.2 Å². The molecule has 0 heterocycles. The zero-order chi connectivity index (χ0) is 15.0. The third-order valence-electron chi connectivity index (χ3n) is 3.88. The number of benzene rings is 1. The second-order valence-electron chi connectivity index (χ2n) is 5.83. The molecule has 2 rings (SSSR count). The summed E-state index contributed by atoms with van der Waals surface area (Å²) in [6, 6.07) is 5.11. The summed E-state index contributed by atoms with van der Waals surface area (Å²) in [7, 11) is 3.78. The van der Waals surface area contributed by atoms with Crippen LogP contribution < -0.4 is 0 Å². The van der Waals surface area contributed by atoms with Crippen LogP contribution in [0.15, 0.2) is 24.3 Å². The zero-order valence-corrected chi connectivity index (χ0v) is 11.7. The Morgan fingerprint density at radius 2 is 1.80 bits per heavy atom. The van der Waals surface area contributed by atoms with Crippen LogP contribution in [0.5, 0.6) is 0 Å². The smallest absolute Gasteiger partial charge is 0.385 e. The first kappa shape index (κ1) is 15.3. The number of halogens is 3. The lowest BCUT2D eigenvalue weighted by molar-refractivity contribution is -0.137. The average Bonchev–Trinajstić information content (AvgIpc) is 3.19. The fraction of sp³-hybridized carbons (Fsp3) is 0.600. The number of alkyl halides is 3. The molecular formula is C15H20F3NO. The lowest BCUT2D eigenvalue weighted by Crippen LogP contribution is -2.33. The van der Waals surface area contributed by atoms with Gasteiger partial charge in [0.1, 0.15) is 0 Å². The van der Waals surface area contributed by atoms with Crippen LogP contribution in [0.4, 0.5) is 13.2 Å². The van der Waals surface area contributed by atoms with Gasteiger partial charge in [-0.25, -0.2) is 0 Å². The Morgan fingerprint density at radius 3 is 2.30 bits per heavy atom. The van der Waals surface area contributed by atoms with Gasteiger partial charge < -0.3 is 10.0 Å². The van der Waals surface area contributed by atoms with Crippen LogP contribution in [0.2, 0.25) is 0 Å². The fourth-order valence-electron chi connectivity index (χ4n) is 2.50. The Morgan fingerprint density at radius 1 is 1.20 bits per heavy atom. The third-order valence-corrected chi connectivity index (χ3v) is 3.88. The minimum atomic E-state index is -4.37. The number of hydrogen-bond acceptors (Lipinski definition) is 2. The first-order valence-corrected chi connectivity index (χ1v) is 6.78. The summed E-state index contributed by atoms with van der Waals surface area (Å²) >= 11 is 0. The van der Waals surface area contributed by atoms with Crippen molar-refractivity contribution >= 4 is 0 Å². The van der Waals surface area contributed by atoms with Gasteiger partial charge in [-0.3, -0.25) is 0 Å². The second kappa shape index (κ2) is 5.37. The molecule has 0 bridgehead atoms. The van der Waals surface area contributed by atoms with Crippen LogP contribution in [-0.4, -0.2) is 30.6 Å². The van der Waals surface area contributed by atoms with Gasteiger partial charge in [0.05, 0.1) is 11.2 Å². The lowest BCUT2D eigenvalue weighted by Gasteiger charge is -2.30. The Bertz CT molecular complexity index is 468. The molecule has 20 heavy (non-hydrogen) atoms. The molecule has 1 N–H and O–H groups in total. The minimum absolute atomic E-state index is 0.0749. The largest absolute Gasteiger partial charge is 0.416 e. The summed E-state index contributed by atoms with van der Waals surface area (Å²) in [5, 5.41) is 10.9. The van der Waals surface area contributed by atoms with Crippen molar-refractivity contribution in [3.05, 3.63) is 35.4 Å². The highest BCUT2D eigenvalue weighted by Crippen LogP contribution is 2.48. The first-order chi connectivity index (χ1) is 9.23. The average molecular weight is 287 g/mol. The monoisotopic (exact) mass is 287 g/mol. The van der Waals surface area contributed by atoms with E-state index >= 15 is 0 Å². The first-order valence-electron chi connectivity index (χ1n) is 6.78. The van der Waals surface area contributed by atoms with Gasteiger partial charge in [-0.05, 0) is 57.0 Å². The van der Waals surface area contributed by atoms with Crippen molar-refractivity contribution < 1.29 is 18.3 Å². The van der Waals surface area contributed by atoms with Crippen molar-refractivity contribution in [1.82, 2.24) is 4.90 Å². The van der Waals surface area contributed by atoms with E-state index in [0.717, 1.165) is 25.0 Å². The van der Waals surface area contributed by atoms with Crippen molar-refractivity contribution in [2.75, 3.05) is 20.6 Å². The van der Waals surface area contributed by atoms with Crippen molar-refractivity contribution in [3.8, 4) is 0 Å². The highest BCUT2D eigenvalue weighted by Gasteiger charge is 2.45. The van der Waals surface area contributed by atoms with Crippen LogP contribution in [0.25, 0.3) is 0 Å². The van der Waals surface area contributed by atoms with Crippen molar-refractivity contribution in [2.45, 2.75) is 31.0 Å². The Labute approximate surface area is 117 Å². The molecule has 0 amide bonds. The summed E-state index contributed by atoms with van der Waals surface area (Å²) < 4.78 is 38.4. The van der Waals surface area contributed by atoms with Crippen molar-refractivity contribution in [3.63, 3.8) is 0 Å². The minimum Gasteiger partial charge on any atom is -0.385 e. The van der Waals surface area contributed by atoms with E-state index in [1.807, 2.05) is 19.0 Å². The van der Waals surface area contributed by atoms with Gasteiger partial charge in [0.25, 0.3) is 0 Å². The molecule has 0 radical (unpaired) electrons. The van der Waals surface area contributed by atoms with Gasteiger partial charge in [-0.15, -0.1) is 0 Å². The fourth-order valence-corrected chi connectivity index (χ4v) is 2.50. The molecule has 1 atom stereocenters.